The van der Waals surface area contributed by atoms with E-state index in [-0.39, 0.29) is 5.92 Å². The molecule has 0 heterocycles. The van der Waals surface area contributed by atoms with Gasteiger partial charge in [-0.05, 0) is 12.3 Å². The van der Waals surface area contributed by atoms with Crippen LogP contribution in [0.4, 0.5) is 0 Å². The van der Waals surface area contributed by atoms with Crippen LogP contribution in [-0.2, 0) is 9.59 Å². The Hall–Kier alpha value is -1.06. The average Bonchev–Trinajstić information content (AvgIpc) is 2.39. The summed E-state index contributed by atoms with van der Waals surface area (Å²) in [5, 5.41) is 47.9. The van der Waals surface area contributed by atoms with Crippen molar-refractivity contribution in [1.82, 2.24) is 5.32 Å². The zero-order chi connectivity index (χ0) is 15.9. The van der Waals surface area contributed by atoms with Crippen molar-refractivity contribution in [3.05, 3.63) is 0 Å². The lowest BCUT2D eigenvalue weighted by Gasteiger charge is -2.22. The van der Waals surface area contributed by atoms with Gasteiger partial charge in [-0.2, -0.15) is 0 Å². The molecule has 20 heavy (non-hydrogen) atoms. The highest BCUT2D eigenvalue weighted by molar-refractivity contribution is 5.86. The Morgan fingerprint density at radius 3 is 2.10 bits per heavy atom. The van der Waals surface area contributed by atoms with Crippen LogP contribution in [0.3, 0.4) is 0 Å². The van der Waals surface area contributed by atoms with Crippen LogP contribution in [0, 0.1) is 5.92 Å². The SMILES string of the molecule is CC(C)C[C@H](NCC(=O)[C@@H](O)[C@H](O)[C@H](O)CO)C(=O)O. The number of aliphatic hydroxyl groups is 4. The van der Waals surface area contributed by atoms with E-state index in [1.807, 2.05) is 13.8 Å². The molecule has 4 atom stereocenters. The standard InChI is InChI=1S/C12H23NO7/c1-6(2)3-7(12(19)20)13-4-8(15)10(17)11(18)9(16)5-14/h6-7,9-11,13-14,16-18H,3-5H2,1-2H3,(H,19,20)/t7-,9+,10+,11+/m0/s1. The van der Waals surface area contributed by atoms with Gasteiger partial charge in [0.25, 0.3) is 0 Å². The van der Waals surface area contributed by atoms with Crippen LogP contribution >= 0.6 is 0 Å². The van der Waals surface area contributed by atoms with Gasteiger partial charge >= 0.3 is 5.97 Å². The maximum Gasteiger partial charge on any atom is 0.320 e. The van der Waals surface area contributed by atoms with E-state index in [2.05, 4.69) is 5.32 Å². The zero-order valence-corrected chi connectivity index (χ0v) is 11.6. The molecule has 6 N–H and O–H groups in total. The van der Waals surface area contributed by atoms with Crippen molar-refractivity contribution in [2.45, 2.75) is 44.6 Å². The van der Waals surface area contributed by atoms with Crippen LogP contribution in [0.2, 0.25) is 0 Å². The molecule has 118 valence electrons. The number of ketones is 1. The van der Waals surface area contributed by atoms with Gasteiger partial charge in [0.15, 0.2) is 5.78 Å². The minimum atomic E-state index is -1.89. The largest absolute Gasteiger partial charge is 0.480 e. The van der Waals surface area contributed by atoms with Crippen molar-refractivity contribution in [3.63, 3.8) is 0 Å². The normalized spacial score (nSPS) is 17.6. The van der Waals surface area contributed by atoms with Crippen LogP contribution in [0.15, 0.2) is 0 Å². The molecule has 0 aromatic rings. The summed E-state index contributed by atoms with van der Waals surface area (Å²) in [5.74, 6) is -1.87. The summed E-state index contributed by atoms with van der Waals surface area (Å²) >= 11 is 0. The smallest absolute Gasteiger partial charge is 0.320 e. The first kappa shape index (κ1) is 18.9. The van der Waals surface area contributed by atoms with E-state index in [0.717, 1.165) is 0 Å². The molecule has 8 nitrogen and oxygen atoms in total. The molecule has 0 rings (SSSR count). The van der Waals surface area contributed by atoms with E-state index in [9.17, 15) is 19.8 Å². The second kappa shape index (κ2) is 8.98. The molecule has 0 spiro atoms. The highest BCUT2D eigenvalue weighted by Gasteiger charge is 2.30. The quantitative estimate of drug-likeness (QED) is 0.264. The maximum absolute atomic E-state index is 11.6. The molecule has 8 heteroatoms. The van der Waals surface area contributed by atoms with Crippen molar-refractivity contribution < 1.29 is 35.1 Å². The number of carboxylic acids is 1. The number of carbonyl (C=O) groups excluding carboxylic acids is 1. The first-order valence-corrected chi connectivity index (χ1v) is 6.34. The Bertz CT molecular complexity index is 321. The van der Waals surface area contributed by atoms with Gasteiger partial charge in [-0.15, -0.1) is 0 Å². The van der Waals surface area contributed by atoms with Gasteiger partial charge in [-0.25, -0.2) is 0 Å². The highest BCUT2D eigenvalue weighted by Crippen LogP contribution is 2.06. The number of hydrogen-bond acceptors (Lipinski definition) is 7. The molecule has 0 fully saturated rings. The third-order valence-electron chi connectivity index (χ3n) is 2.76. The Kier molecular flexibility index (Phi) is 8.51. The molecular weight excluding hydrogens is 270 g/mol. The number of carbonyl (C=O) groups is 2. The first-order valence-electron chi connectivity index (χ1n) is 6.34. The summed E-state index contributed by atoms with van der Waals surface area (Å²) in [6.45, 7) is 2.40. The van der Waals surface area contributed by atoms with E-state index in [1.54, 1.807) is 0 Å². The summed E-state index contributed by atoms with van der Waals surface area (Å²) in [5.41, 5.74) is 0. The van der Waals surface area contributed by atoms with Crippen molar-refractivity contribution in [3.8, 4) is 0 Å². The van der Waals surface area contributed by atoms with Gasteiger partial charge in [-0.3, -0.25) is 14.9 Å². The number of hydrogen-bond donors (Lipinski definition) is 6. The molecule has 0 unspecified atom stereocenters. The lowest BCUT2D eigenvalue weighted by atomic mass is 10.0. The van der Waals surface area contributed by atoms with Crippen LogP contribution in [0.1, 0.15) is 20.3 Å². The van der Waals surface area contributed by atoms with Gasteiger partial charge in [0.05, 0.1) is 13.2 Å². The predicted octanol–water partition coefficient (Wildman–Crippen LogP) is -2.28. The minimum absolute atomic E-state index is 0.102. The number of carboxylic acid groups (broad SMARTS) is 1. The fraction of sp³-hybridized carbons (Fsp3) is 0.833. The van der Waals surface area contributed by atoms with Crippen LogP contribution in [0.5, 0.6) is 0 Å². The third-order valence-corrected chi connectivity index (χ3v) is 2.76. The second-order valence-electron chi connectivity index (χ2n) is 5.05. The van der Waals surface area contributed by atoms with Crippen molar-refractivity contribution in [2.75, 3.05) is 13.2 Å². The number of nitrogens with one attached hydrogen (secondary N) is 1. The van der Waals surface area contributed by atoms with E-state index in [1.165, 1.54) is 0 Å². The Balaban J connectivity index is 4.41. The molecular formula is C12H23NO7. The van der Waals surface area contributed by atoms with Crippen LogP contribution in [-0.4, -0.2) is 74.8 Å². The highest BCUT2D eigenvalue weighted by atomic mass is 16.4. The lowest BCUT2D eigenvalue weighted by Crippen LogP contribution is -2.49. The number of aliphatic carboxylic acids is 1. The summed E-state index contributed by atoms with van der Waals surface area (Å²) in [7, 11) is 0. The Morgan fingerprint density at radius 2 is 1.70 bits per heavy atom. The molecule has 0 aliphatic rings. The fourth-order valence-corrected chi connectivity index (χ4v) is 1.58. The maximum atomic E-state index is 11.6. The van der Waals surface area contributed by atoms with Gasteiger partial charge in [-0.1, -0.05) is 13.8 Å². The molecule has 0 aliphatic heterocycles. The number of rotatable bonds is 10. The molecule has 0 saturated carbocycles. The fourth-order valence-electron chi connectivity index (χ4n) is 1.58. The molecule has 0 aromatic carbocycles. The molecule has 0 bridgehead atoms. The van der Waals surface area contributed by atoms with E-state index < -0.39 is 49.3 Å². The molecule has 0 aromatic heterocycles. The minimum Gasteiger partial charge on any atom is -0.480 e. The second-order valence-corrected chi connectivity index (χ2v) is 5.05. The number of Topliss-reactive ketones (excluding diaryl/α,β-unsaturated/α-hetero) is 1. The van der Waals surface area contributed by atoms with Gasteiger partial charge in [0.2, 0.25) is 0 Å². The first-order chi connectivity index (χ1) is 9.20. The lowest BCUT2D eigenvalue weighted by molar-refractivity contribution is -0.141. The summed E-state index contributed by atoms with van der Waals surface area (Å²) < 4.78 is 0. The number of aliphatic hydroxyl groups excluding tert-OH is 4. The van der Waals surface area contributed by atoms with Gasteiger partial charge < -0.3 is 25.5 Å². The van der Waals surface area contributed by atoms with E-state index in [4.69, 9.17) is 15.3 Å². The average molecular weight is 293 g/mol. The zero-order valence-electron chi connectivity index (χ0n) is 11.6. The summed E-state index contributed by atoms with van der Waals surface area (Å²) in [4.78, 5) is 22.5. The van der Waals surface area contributed by atoms with Crippen molar-refractivity contribution in [1.29, 1.82) is 0 Å². The Labute approximate surface area is 117 Å². The molecule has 0 amide bonds. The molecule has 0 aliphatic carbocycles. The van der Waals surface area contributed by atoms with Gasteiger partial charge in [0.1, 0.15) is 24.4 Å². The van der Waals surface area contributed by atoms with Crippen LogP contribution in [0.25, 0.3) is 0 Å². The molecule has 0 radical (unpaired) electrons. The topological polar surface area (TPSA) is 147 Å². The monoisotopic (exact) mass is 293 g/mol. The third kappa shape index (κ3) is 6.40. The van der Waals surface area contributed by atoms with Crippen molar-refractivity contribution >= 4 is 11.8 Å². The van der Waals surface area contributed by atoms with E-state index >= 15 is 0 Å². The Morgan fingerprint density at radius 1 is 1.15 bits per heavy atom. The summed E-state index contributed by atoms with van der Waals surface area (Å²) in [6, 6.07) is -0.939. The predicted molar refractivity (Wildman–Crippen MR) is 69.0 cm³/mol. The molecule has 0 saturated heterocycles. The van der Waals surface area contributed by atoms with E-state index in [0.29, 0.717) is 6.42 Å². The van der Waals surface area contributed by atoms with Crippen molar-refractivity contribution in [2.24, 2.45) is 5.92 Å². The summed E-state index contributed by atoms with van der Waals surface area (Å²) in [6.07, 6.45) is -5.04. The van der Waals surface area contributed by atoms with Gasteiger partial charge in [0, 0.05) is 0 Å². The van der Waals surface area contributed by atoms with Crippen LogP contribution < -0.4 is 5.32 Å².